The number of carbonyl (C=O) groups is 1. The van der Waals surface area contributed by atoms with Crippen molar-refractivity contribution < 1.29 is 18.7 Å². The standard InChI is InChI=1S/C20H24FN3O3/c1-20(2)13-26-8-7-24(20)19(25)18-5-3-15-9-16(4-6-17(15)23-18)27-12-14(10-21)11-22/h3-6,9-10H,7-8,11-13,22H2,1-2H3/b14-10+. The fourth-order valence-electron chi connectivity index (χ4n) is 3.00. The van der Waals surface area contributed by atoms with E-state index in [0.29, 0.717) is 48.6 Å². The molecule has 0 bridgehead atoms. The lowest BCUT2D eigenvalue weighted by Gasteiger charge is -2.41. The molecule has 1 aromatic heterocycles. The highest BCUT2D eigenvalue weighted by atomic mass is 19.1. The van der Waals surface area contributed by atoms with Crippen LogP contribution in [0.25, 0.3) is 10.9 Å². The predicted molar refractivity (Wildman–Crippen MR) is 101 cm³/mol. The number of amides is 1. The number of nitrogens with two attached hydrogens (primary N) is 1. The zero-order valence-corrected chi connectivity index (χ0v) is 15.6. The number of hydrogen-bond donors (Lipinski definition) is 1. The van der Waals surface area contributed by atoms with E-state index in [1.807, 2.05) is 26.0 Å². The molecule has 1 fully saturated rings. The molecule has 0 spiro atoms. The third-order valence-electron chi connectivity index (χ3n) is 4.61. The van der Waals surface area contributed by atoms with Gasteiger partial charge in [-0.2, -0.15) is 0 Å². The summed E-state index contributed by atoms with van der Waals surface area (Å²) in [7, 11) is 0. The summed E-state index contributed by atoms with van der Waals surface area (Å²) in [6.07, 6.45) is 0.466. The molecule has 0 aliphatic carbocycles. The first kappa shape index (κ1) is 19.3. The third-order valence-corrected chi connectivity index (χ3v) is 4.61. The number of benzene rings is 1. The average Bonchev–Trinajstić information content (AvgIpc) is 2.67. The van der Waals surface area contributed by atoms with Crippen LogP contribution in [0.3, 0.4) is 0 Å². The monoisotopic (exact) mass is 373 g/mol. The van der Waals surface area contributed by atoms with Crippen LogP contribution in [0.15, 0.2) is 42.2 Å². The van der Waals surface area contributed by atoms with Crippen molar-refractivity contribution in [2.24, 2.45) is 5.73 Å². The van der Waals surface area contributed by atoms with Crippen molar-refractivity contribution in [1.82, 2.24) is 9.88 Å². The molecule has 1 aromatic carbocycles. The summed E-state index contributed by atoms with van der Waals surface area (Å²) in [4.78, 5) is 19.2. The van der Waals surface area contributed by atoms with Crippen LogP contribution in [0.2, 0.25) is 0 Å². The van der Waals surface area contributed by atoms with Gasteiger partial charge in [0.25, 0.3) is 5.91 Å². The van der Waals surface area contributed by atoms with Gasteiger partial charge in [0.1, 0.15) is 18.1 Å². The number of carbonyl (C=O) groups excluding carboxylic acids is 1. The van der Waals surface area contributed by atoms with E-state index in [0.717, 1.165) is 5.39 Å². The molecule has 2 aromatic rings. The molecule has 0 saturated carbocycles. The van der Waals surface area contributed by atoms with Crippen LogP contribution < -0.4 is 10.5 Å². The van der Waals surface area contributed by atoms with Crippen LogP contribution >= 0.6 is 0 Å². The first-order valence-corrected chi connectivity index (χ1v) is 8.86. The van der Waals surface area contributed by atoms with Crippen LogP contribution in [0.4, 0.5) is 4.39 Å². The Hall–Kier alpha value is -2.51. The van der Waals surface area contributed by atoms with Gasteiger partial charge in [0.2, 0.25) is 0 Å². The fourth-order valence-corrected chi connectivity index (χ4v) is 3.00. The van der Waals surface area contributed by atoms with Gasteiger partial charge < -0.3 is 20.1 Å². The van der Waals surface area contributed by atoms with Crippen LogP contribution in [0.1, 0.15) is 24.3 Å². The van der Waals surface area contributed by atoms with Gasteiger partial charge in [0.15, 0.2) is 0 Å². The topological polar surface area (TPSA) is 77.7 Å². The number of hydrogen-bond acceptors (Lipinski definition) is 5. The van der Waals surface area contributed by atoms with E-state index in [9.17, 15) is 9.18 Å². The van der Waals surface area contributed by atoms with Crippen LogP contribution in [-0.2, 0) is 4.74 Å². The minimum Gasteiger partial charge on any atom is -0.489 e. The van der Waals surface area contributed by atoms with Gasteiger partial charge in [-0.25, -0.2) is 9.37 Å². The molecule has 2 heterocycles. The second-order valence-electron chi connectivity index (χ2n) is 7.13. The van der Waals surface area contributed by atoms with Crippen molar-refractivity contribution in [3.63, 3.8) is 0 Å². The Morgan fingerprint density at radius 1 is 1.41 bits per heavy atom. The van der Waals surface area contributed by atoms with Crippen LogP contribution in [0, 0.1) is 0 Å². The van der Waals surface area contributed by atoms with Gasteiger partial charge in [-0.1, -0.05) is 6.07 Å². The highest BCUT2D eigenvalue weighted by Crippen LogP contribution is 2.24. The molecule has 0 unspecified atom stereocenters. The number of fused-ring (bicyclic) bond motifs is 1. The van der Waals surface area contributed by atoms with Crippen LogP contribution in [0.5, 0.6) is 5.75 Å². The Balaban J connectivity index is 1.79. The minimum absolute atomic E-state index is 0.0919. The zero-order chi connectivity index (χ0) is 19.4. The molecule has 1 saturated heterocycles. The summed E-state index contributed by atoms with van der Waals surface area (Å²) in [5, 5.41) is 0.837. The maximum atomic E-state index is 12.9. The summed E-state index contributed by atoms with van der Waals surface area (Å²) in [6, 6.07) is 8.89. The maximum absolute atomic E-state index is 12.9. The Morgan fingerprint density at radius 3 is 2.93 bits per heavy atom. The second-order valence-corrected chi connectivity index (χ2v) is 7.13. The lowest BCUT2D eigenvalue weighted by atomic mass is 10.0. The molecule has 1 aliphatic rings. The zero-order valence-electron chi connectivity index (χ0n) is 15.6. The van der Waals surface area contributed by atoms with Crippen molar-refractivity contribution >= 4 is 16.8 Å². The molecule has 1 aliphatic heterocycles. The van der Waals surface area contributed by atoms with Crippen molar-refractivity contribution in [2.45, 2.75) is 19.4 Å². The summed E-state index contributed by atoms with van der Waals surface area (Å²) in [5.41, 5.74) is 6.53. The van der Waals surface area contributed by atoms with Gasteiger partial charge in [0.05, 0.1) is 30.6 Å². The quantitative estimate of drug-likeness (QED) is 0.872. The SMILES string of the molecule is CC1(C)COCCN1C(=O)c1ccc2cc(OC/C(=C/F)CN)ccc2n1. The lowest BCUT2D eigenvalue weighted by Crippen LogP contribution is -2.55. The highest BCUT2D eigenvalue weighted by molar-refractivity contribution is 5.95. The number of nitrogens with zero attached hydrogens (tertiary/aromatic N) is 2. The first-order valence-electron chi connectivity index (χ1n) is 8.86. The van der Waals surface area contributed by atoms with Gasteiger partial charge in [-0.05, 0) is 38.1 Å². The number of pyridine rings is 1. The smallest absolute Gasteiger partial charge is 0.273 e. The van der Waals surface area contributed by atoms with Crippen molar-refractivity contribution in [3.05, 3.63) is 47.9 Å². The first-order chi connectivity index (χ1) is 12.9. The van der Waals surface area contributed by atoms with E-state index < -0.39 is 0 Å². The number of ether oxygens (including phenoxy) is 2. The second kappa shape index (κ2) is 8.02. The number of halogens is 1. The average molecular weight is 373 g/mol. The van der Waals surface area contributed by atoms with E-state index in [-0.39, 0.29) is 24.6 Å². The van der Waals surface area contributed by atoms with Gasteiger partial charge >= 0.3 is 0 Å². The van der Waals surface area contributed by atoms with E-state index in [4.69, 9.17) is 15.2 Å². The summed E-state index contributed by atoms with van der Waals surface area (Å²) in [5.74, 6) is 0.483. The molecular weight excluding hydrogens is 349 g/mol. The Kier molecular flexibility index (Phi) is 5.72. The Bertz CT molecular complexity index is 867. The molecule has 1 amide bonds. The largest absolute Gasteiger partial charge is 0.489 e. The number of aromatic nitrogens is 1. The number of morpholine rings is 1. The highest BCUT2D eigenvalue weighted by Gasteiger charge is 2.35. The fraction of sp³-hybridized carbons (Fsp3) is 0.400. The molecule has 0 radical (unpaired) electrons. The minimum atomic E-state index is -0.367. The van der Waals surface area contributed by atoms with Crippen molar-refractivity contribution in [3.8, 4) is 5.75 Å². The Labute approximate surface area is 157 Å². The van der Waals surface area contributed by atoms with Gasteiger partial charge in [-0.3, -0.25) is 4.79 Å². The molecule has 6 nitrogen and oxygen atoms in total. The summed E-state index contributed by atoms with van der Waals surface area (Å²) >= 11 is 0. The maximum Gasteiger partial charge on any atom is 0.273 e. The van der Waals surface area contributed by atoms with E-state index >= 15 is 0 Å². The summed E-state index contributed by atoms with van der Waals surface area (Å²) < 4.78 is 23.6. The number of rotatable bonds is 5. The molecule has 3 rings (SSSR count). The van der Waals surface area contributed by atoms with E-state index in [1.54, 1.807) is 23.1 Å². The van der Waals surface area contributed by atoms with Crippen LogP contribution in [-0.4, -0.2) is 54.2 Å². The van der Waals surface area contributed by atoms with Gasteiger partial charge in [0, 0.05) is 24.0 Å². The molecule has 0 atom stereocenters. The summed E-state index contributed by atoms with van der Waals surface area (Å²) in [6.45, 7) is 5.74. The van der Waals surface area contributed by atoms with E-state index in [1.165, 1.54) is 0 Å². The normalized spacial score (nSPS) is 17.2. The molecule has 2 N–H and O–H groups in total. The predicted octanol–water partition coefficient (Wildman–Crippen LogP) is 2.68. The molecule has 27 heavy (non-hydrogen) atoms. The molecule has 144 valence electrons. The lowest BCUT2D eigenvalue weighted by molar-refractivity contribution is -0.0373. The van der Waals surface area contributed by atoms with Crippen molar-refractivity contribution in [2.75, 3.05) is 32.9 Å². The van der Waals surface area contributed by atoms with Gasteiger partial charge in [-0.15, -0.1) is 0 Å². The van der Waals surface area contributed by atoms with Crippen molar-refractivity contribution in [1.29, 1.82) is 0 Å². The Morgan fingerprint density at radius 2 is 2.22 bits per heavy atom. The molecular formula is C20H24FN3O3. The third kappa shape index (κ3) is 4.26. The van der Waals surface area contributed by atoms with E-state index in [2.05, 4.69) is 4.98 Å². The molecule has 7 heteroatoms.